The lowest BCUT2D eigenvalue weighted by Gasteiger charge is -2.27. The molecule has 28 heavy (non-hydrogen) atoms. The van der Waals surface area contributed by atoms with E-state index in [0.29, 0.717) is 32.0 Å². The fourth-order valence-corrected chi connectivity index (χ4v) is 3.05. The lowest BCUT2D eigenvalue weighted by molar-refractivity contribution is -0.139. The number of morpholine rings is 1. The zero-order valence-corrected chi connectivity index (χ0v) is 15.4. The van der Waals surface area contributed by atoms with Gasteiger partial charge in [0.1, 0.15) is 5.65 Å². The Hall–Kier alpha value is -3.17. The lowest BCUT2D eigenvalue weighted by atomic mass is 10.1. The van der Waals surface area contributed by atoms with E-state index in [1.54, 1.807) is 25.4 Å². The molecule has 2 N–H and O–H groups in total. The molecule has 0 radical (unpaired) electrons. The van der Waals surface area contributed by atoms with E-state index in [2.05, 4.69) is 15.4 Å². The molecule has 2 aromatic rings. The number of nitrogens with one attached hydrogen (secondary N) is 2. The molecule has 2 aliphatic heterocycles. The molecule has 0 atom stereocenters. The van der Waals surface area contributed by atoms with E-state index >= 15 is 0 Å². The molecule has 0 amide bonds. The van der Waals surface area contributed by atoms with Gasteiger partial charge in [-0.05, 0) is 25.1 Å². The van der Waals surface area contributed by atoms with E-state index < -0.39 is 11.8 Å². The number of carbonyl (C=O) groups excluding carboxylic acids is 2. The Kier molecular flexibility index (Phi) is 5.09. The zero-order valence-electron chi connectivity index (χ0n) is 15.4. The van der Waals surface area contributed by atoms with Crippen molar-refractivity contribution in [3.05, 3.63) is 47.3 Å². The number of hydrogen-bond acceptors (Lipinski definition) is 8. The maximum absolute atomic E-state index is 12.9. The second kappa shape index (κ2) is 7.83. The first-order valence-corrected chi connectivity index (χ1v) is 9.04. The highest BCUT2D eigenvalue weighted by Gasteiger charge is 2.37. The zero-order chi connectivity index (χ0) is 19.5. The average Bonchev–Trinajstić information content (AvgIpc) is 3.24. The van der Waals surface area contributed by atoms with Crippen LogP contribution in [0.15, 0.2) is 41.7 Å². The molecule has 4 rings (SSSR count). The summed E-state index contributed by atoms with van der Waals surface area (Å²) in [5, 5.41) is 2.68. The molecular weight excluding hydrogens is 364 g/mol. The van der Waals surface area contributed by atoms with Crippen molar-refractivity contribution >= 4 is 28.9 Å². The van der Waals surface area contributed by atoms with Crippen molar-refractivity contribution in [3.63, 3.8) is 0 Å². The van der Waals surface area contributed by atoms with E-state index in [-0.39, 0.29) is 23.8 Å². The summed E-state index contributed by atoms with van der Waals surface area (Å²) in [6.45, 7) is 4.15. The Morgan fingerprint density at radius 3 is 3.04 bits per heavy atom. The number of aromatic nitrogens is 2. The third-order valence-electron chi connectivity index (χ3n) is 4.41. The van der Waals surface area contributed by atoms with Gasteiger partial charge in [0.25, 0.3) is 0 Å². The van der Waals surface area contributed by atoms with Crippen LogP contribution in [-0.4, -0.2) is 59.6 Å². The van der Waals surface area contributed by atoms with Crippen LogP contribution in [0.4, 0.5) is 0 Å². The van der Waals surface area contributed by atoms with Crippen molar-refractivity contribution < 1.29 is 23.8 Å². The number of pyridine rings is 1. The van der Waals surface area contributed by atoms with Gasteiger partial charge in [-0.25, -0.2) is 14.8 Å². The van der Waals surface area contributed by atoms with Crippen LogP contribution in [0, 0.1) is 0 Å². The third kappa shape index (κ3) is 3.49. The molecule has 1 saturated heterocycles. The average molecular weight is 384 g/mol. The number of rotatable bonds is 5. The number of hydrogen-bond donors (Lipinski definition) is 2. The van der Waals surface area contributed by atoms with Gasteiger partial charge in [0.15, 0.2) is 11.3 Å². The van der Waals surface area contributed by atoms with Crippen LogP contribution in [0.5, 0.6) is 0 Å². The summed E-state index contributed by atoms with van der Waals surface area (Å²) in [5.74, 6) is -1.11. The maximum atomic E-state index is 12.9. The summed E-state index contributed by atoms with van der Waals surface area (Å²) < 4.78 is 16.1. The summed E-state index contributed by atoms with van der Waals surface area (Å²) in [6, 6.07) is 3.69. The Morgan fingerprint density at radius 1 is 1.43 bits per heavy atom. The predicted octanol–water partition coefficient (Wildman–Crippen LogP) is 1.11. The van der Waals surface area contributed by atoms with Gasteiger partial charge in [-0.1, -0.05) is 0 Å². The molecule has 0 bridgehead atoms. The molecule has 9 heteroatoms. The van der Waals surface area contributed by atoms with Crippen molar-refractivity contribution in [3.8, 4) is 0 Å². The maximum Gasteiger partial charge on any atom is 0.347 e. The summed E-state index contributed by atoms with van der Waals surface area (Å²) in [7, 11) is 0. The molecule has 0 saturated carbocycles. The fraction of sp³-hybridized carbons (Fsp3) is 0.316. The number of nitrogens with zero attached hydrogens (tertiary/aromatic N) is 2. The lowest BCUT2D eigenvalue weighted by Crippen LogP contribution is -2.45. The molecule has 2 aliphatic rings. The largest absolute Gasteiger partial charge is 0.462 e. The third-order valence-corrected chi connectivity index (χ3v) is 4.41. The van der Waals surface area contributed by atoms with Gasteiger partial charge in [-0.2, -0.15) is 0 Å². The van der Waals surface area contributed by atoms with Crippen molar-refractivity contribution in [2.24, 2.45) is 0 Å². The molecule has 0 aromatic carbocycles. The standard InChI is InChI=1S/C19H20N4O5/c1-2-27-19(25)15-16(24)14(28-18(15)22-23-6-8-26-9-7-23)10-12-11-21-17-13(12)4-3-5-20-17/h3-5,10-11,22H,2,6-9H2,1H3,(H,20,21). The topological polar surface area (TPSA) is 106 Å². The van der Waals surface area contributed by atoms with Crippen LogP contribution in [-0.2, 0) is 23.8 Å². The Balaban J connectivity index is 1.64. The van der Waals surface area contributed by atoms with Gasteiger partial charge in [0, 0.05) is 36.4 Å². The quantitative estimate of drug-likeness (QED) is 0.449. The van der Waals surface area contributed by atoms with Gasteiger partial charge in [-0.15, -0.1) is 0 Å². The number of ether oxygens (including phenoxy) is 3. The minimum Gasteiger partial charge on any atom is -0.462 e. The number of esters is 1. The van der Waals surface area contributed by atoms with Crippen LogP contribution in [0.3, 0.4) is 0 Å². The minimum atomic E-state index is -0.716. The van der Waals surface area contributed by atoms with Gasteiger partial charge in [-0.3, -0.25) is 10.2 Å². The number of aromatic amines is 1. The van der Waals surface area contributed by atoms with Crippen LogP contribution in [0.2, 0.25) is 0 Å². The minimum absolute atomic E-state index is 0.0450. The second-order valence-corrected chi connectivity index (χ2v) is 6.22. The molecule has 1 fully saturated rings. The molecule has 0 spiro atoms. The highest BCUT2D eigenvalue weighted by atomic mass is 16.5. The smallest absolute Gasteiger partial charge is 0.347 e. The van der Waals surface area contributed by atoms with Crippen LogP contribution in [0.25, 0.3) is 17.1 Å². The number of fused-ring (bicyclic) bond motifs is 1. The summed E-state index contributed by atoms with van der Waals surface area (Å²) in [6.07, 6.45) is 5.01. The molecule has 0 aliphatic carbocycles. The van der Waals surface area contributed by atoms with Crippen molar-refractivity contribution in [2.75, 3.05) is 32.9 Å². The number of carbonyl (C=O) groups is 2. The second-order valence-electron chi connectivity index (χ2n) is 6.22. The SMILES string of the molecule is CCOC(=O)C1=C(NN2CCOCC2)OC(=Cc2c[nH]c3ncccc23)C1=O. The van der Waals surface area contributed by atoms with Gasteiger partial charge in [0.2, 0.25) is 11.7 Å². The Bertz CT molecular complexity index is 972. The molecule has 9 nitrogen and oxygen atoms in total. The first kappa shape index (κ1) is 18.2. The predicted molar refractivity (Wildman–Crippen MR) is 99.3 cm³/mol. The van der Waals surface area contributed by atoms with E-state index in [4.69, 9.17) is 14.2 Å². The number of H-pyrrole nitrogens is 1. The molecular formula is C19H20N4O5. The monoisotopic (exact) mass is 384 g/mol. The highest BCUT2D eigenvalue weighted by molar-refractivity contribution is 6.26. The Labute approximate surface area is 160 Å². The van der Waals surface area contributed by atoms with Crippen LogP contribution in [0.1, 0.15) is 12.5 Å². The van der Waals surface area contributed by atoms with E-state index in [0.717, 1.165) is 10.9 Å². The van der Waals surface area contributed by atoms with Crippen molar-refractivity contribution in [1.82, 2.24) is 20.4 Å². The van der Waals surface area contributed by atoms with Gasteiger partial charge < -0.3 is 19.2 Å². The molecule has 146 valence electrons. The van der Waals surface area contributed by atoms with Crippen molar-refractivity contribution in [1.29, 1.82) is 0 Å². The van der Waals surface area contributed by atoms with Crippen LogP contribution < -0.4 is 5.43 Å². The van der Waals surface area contributed by atoms with Crippen LogP contribution >= 0.6 is 0 Å². The van der Waals surface area contributed by atoms with E-state index in [9.17, 15) is 9.59 Å². The number of Topliss-reactive ketones (excluding diaryl/α,β-unsaturated/α-hetero) is 1. The van der Waals surface area contributed by atoms with E-state index in [1.807, 2.05) is 17.1 Å². The molecule has 4 heterocycles. The normalized spacial score (nSPS) is 19.3. The number of ketones is 1. The first-order chi connectivity index (χ1) is 13.7. The Morgan fingerprint density at radius 2 is 2.25 bits per heavy atom. The molecule has 2 aromatic heterocycles. The fourth-order valence-electron chi connectivity index (χ4n) is 3.05. The van der Waals surface area contributed by atoms with Gasteiger partial charge in [0.05, 0.1) is 19.8 Å². The summed E-state index contributed by atoms with van der Waals surface area (Å²) in [5.41, 5.74) is 4.31. The summed E-state index contributed by atoms with van der Waals surface area (Å²) >= 11 is 0. The first-order valence-electron chi connectivity index (χ1n) is 9.04. The molecule has 0 unspecified atom stereocenters. The highest BCUT2D eigenvalue weighted by Crippen LogP contribution is 2.28. The summed E-state index contributed by atoms with van der Waals surface area (Å²) in [4.78, 5) is 32.5. The number of allylic oxidation sites excluding steroid dienone is 1. The van der Waals surface area contributed by atoms with Gasteiger partial charge >= 0.3 is 5.97 Å². The van der Waals surface area contributed by atoms with Crippen molar-refractivity contribution in [2.45, 2.75) is 6.92 Å². The van der Waals surface area contributed by atoms with E-state index in [1.165, 1.54) is 0 Å². The number of hydrazine groups is 1.